The third-order valence-electron chi connectivity index (χ3n) is 5.36. The fourth-order valence-electron chi connectivity index (χ4n) is 3.84. The quantitative estimate of drug-likeness (QED) is 0.707. The Morgan fingerprint density at radius 2 is 1.68 bits per heavy atom. The lowest BCUT2D eigenvalue weighted by atomic mass is 9.96. The standard InChI is InChI=1S/C18H30N6O3S/c1-14-12-15(2)20-18(19-14)23-7-5-6-16(13-23)17(25)22-8-10-24(11-9-22)28(26,27)21(3)4/h12,16H,5-11,13H2,1-4H3/t16-/m0/s1. The van der Waals surface area contributed by atoms with Crippen LogP contribution in [0.25, 0.3) is 0 Å². The van der Waals surface area contributed by atoms with Gasteiger partial charge in [-0.2, -0.15) is 17.0 Å². The molecule has 1 aromatic rings. The van der Waals surface area contributed by atoms with Crippen LogP contribution in [-0.4, -0.2) is 91.2 Å². The predicted octanol–water partition coefficient (Wildman–Crippen LogP) is 0.260. The van der Waals surface area contributed by atoms with Crippen LogP contribution in [0.15, 0.2) is 6.07 Å². The van der Waals surface area contributed by atoms with E-state index >= 15 is 0 Å². The summed E-state index contributed by atoms with van der Waals surface area (Å²) in [5.74, 6) is 0.697. The number of anilines is 1. The number of nitrogens with zero attached hydrogens (tertiary/aromatic N) is 6. The molecule has 2 aliphatic rings. The molecule has 0 radical (unpaired) electrons. The van der Waals surface area contributed by atoms with Gasteiger partial charge in [-0.15, -0.1) is 0 Å². The number of rotatable bonds is 4. The monoisotopic (exact) mass is 410 g/mol. The second kappa shape index (κ2) is 8.30. The molecule has 3 heterocycles. The van der Waals surface area contributed by atoms with Crippen molar-refractivity contribution in [2.24, 2.45) is 5.92 Å². The molecule has 0 unspecified atom stereocenters. The first kappa shape index (κ1) is 20.9. The molecular weight excluding hydrogens is 380 g/mol. The number of aryl methyl sites for hydroxylation is 2. The summed E-state index contributed by atoms with van der Waals surface area (Å²) in [5, 5.41) is 0. The highest BCUT2D eigenvalue weighted by atomic mass is 32.2. The van der Waals surface area contributed by atoms with Gasteiger partial charge in [0.2, 0.25) is 11.9 Å². The molecular formula is C18H30N6O3S. The SMILES string of the molecule is Cc1cc(C)nc(N2CCC[C@H](C(=O)N3CCN(S(=O)(=O)N(C)C)CC3)C2)n1. The fourth-order valence-corrected chi connectivity index (χ4v) is 4.92. The minimum atomic E-state index is -3.42. The Kier molecular flexibility index (Phi) is 6.21. The van der Waals surface area contributed by atoms with Crippen molar-refractivity contribution in [3.63, 3.8) is 0 Å². The van der Waals surface area contributed by atoms with E-state index in [1.165, 1.54) is 22.7 Å². The highest BCUT2D eigenvalue weighted by Gasteiger charge is 2.34. The van der Waals surface area contributed by atoms with Crippen LogP contribution in [0.2, 0.25) is 0 Å². The molecule has 1 aromatic heterocycles. The van der Waals surface area contributed by atoms with E-state index in [1.54, 1.807) is 4.90 Å². The van der Waals surface area contributed by atoms with Gasteiger partial charge in [0.1, 0.15) is 0 Å². The van der Waals surface area contributed by atoms with E-state index in [-0.39, 0.29) is 11.8 Å². The molecule has 1 atom stereocenters. The van der Waals surface area contributed by atoms with Gasteiger partial charge < -0.3 is 9.80 Å². The molecule has 0 spiro atoms. The Morgan fingerprint density at radius 3 is 2.25 bits per heavy atom. The molecule has 3 rings (SSSR count). The van der Waals surface area contributed by atoms with Crippen LogP contribution >= 0.6 is 0 Å². The van der Waals surface area contributed by atoms with Gasteiger partial charge in [0.15, 0.2) is 0 Å². The molecule has 0 aromatic carbocycles. The molecule has 0 bridgehead atoms. The highest BCUT2D eigenvalue weighted by Crippen LogP contribution is 2.23. The summed E-state index contributed by atoms with van der Waals surface area (Å²) in [7, 11) is -0.370. The number of piperidine rings is 1. The second-order valence-electron chi connectivity index (χ2n) is 7.75. The predicted molar refractivity (Wildman–Crippen MR) is 107 cm³/mol. The van der Waals surface area contributed by atoms with Gasteiger partial charge in [0.05, 0.1) is 5.92 Å². The highest BCUT2D eigenvalue weighted by molar-refractivity contribution is 7.86. The summed E-state index contributed by atoms with van der Waals surface area (Å²) in [5.41, 5.74) is 1.85. The van der Waals surface area contributed by atoms with Crippen molar-refractivity contribution in [1.82, 2.24) is 23.5 Å². The molecule has 2 aliphatic heterocycles. The minimum absolute atomic E-state index is 0.102. The topological polar surface area (TPSA) is 90.0 Å². The molecule has 2 fully saturated rings. The van der Waals surface area contributed by atoms with Crippen LogP contribution in [0, 0.1) is 19.8 Å². The third kappa shape index (κ3) is 4.44. The van der Waals surface area contributed by atoms with Gasteiger partial charge in [-0.3, -0.25) is 4.79 Å². The van der Waals surface area contributed by atoms with Crippen molar-refractivity contribution in [1.29, 1.82) is 0 Å². The van der Waals surface area contributed by atoms with Gasteiger partial charge in [0, 0.05) is 64.8 Å². The van der Waals surface area contributed by atoms with Crippen LogP contribution in [0.5, 0.6) is 0 Å². The van der Waals surface area contributed by atoms with Crippen molar-refractivity contribution < 1.29 is 13.2 Å². The lowest BCUT2D eigenvalue weighted by molar-refractivity contribution is -0.137. The lowest BCUT2D eigenvalue weighted by Gasteiger charge is -2.39. The normalized spacial score (nSPS) is 22.0. The van der Waals surface area contributed by atoms with Crippen molar-refractivity contribution in [2.45, 2.75) is 26.7 Å². The van der Waals surface area contributed by atoms with Crippen molar-refractivity contribution in [3.8, 4) is 0 Å². The van der Waals surface area contributed by atoms with Crippen molar-refractivity contribution in [3.05, 3.63) is 17.5 Å². The van der Waals surface area contributed by atoms with Gasteiger partial charge in [0.25, 0.3) is 10.2 Å². The first-order valence-electron chi connectivity index (χ1n) is 9.72. The van der Waals surface area contributed by atoms with E-state index in [4.69, 9.17) is 0 Å². The number of hydrogen-bond acceptors (Lipinski definition) is 6. The number of piperazine rings is 1. The van der Waals surface area contributed by atoms with Crippen LogP contribution in [-0.2, 0) is 15.0 Å². The Morgan fingerprint density at radius 1 is 1.07 bits per heavy atom. The largest absolute Gasteiger partial charge is 0.340 e. The van der Waals surface area contributed by atoms with E-state index in [9.17, 15) is 13.2 Å². The Labute approximate surface area is 167 Å². The summed E-state index contributed by atoms with van der Waals surface area (Å²) >= 11 is 0. The van der Waals surface area contributed by atoms with Gasteiger partial charge in [-0.1, -0.05) is 0 Å². The van der Waals surface area contributed by atoms with Gasteiger partial charge in [-0.05, 0) is 32.8 Å². The van der Waals surface area contributed by atoms with Crippen LogP contribution in [0.1, 0.15) is 24.2 Å². The lowest BCUT2D eigenvalue weighted by Crippen LogP contribution is -2.55. The molecule has 156 valence electrons. The smallest absolute Gasteiger partial charge is 0.281 e. The number of carbonyl (C=O) groups is 1. The summed E-state index contributed by atoms with van der Waals surface area (Å²) in [6.45, 7) is 6.90. The Balaban J connectivity index is 1.62. The molecule has 1 amide bonds. The van der Waals surface area contributed by atoms with Crippen LogP contribution in [0.4, 0.5) is 5.95 Å². The molecule has 0 saturated carbocycles. The summed E-state index contributed by atoms with van der Waals surface area (Å²) in [6.07, 6.45) is 1.76. The average molecular weight is 411 g/mol. The van der Waals surface area contributed by atoms with Gasteiger partial charge in [-0.25, -0.2) is 9.97 Å². The maximum absolute atomic E-state index is 13.0. The number of hydrogen-bond donors (Lipinski definition) is 0. The van der Waals surface area contributed by atoms with Crippen molar-refractivity contribution in [2.75, 3.05) is 58.3 Å². The first-order valence-corrected chi connectivity index (χ1v) is 11.1. The van der Waals surface area contributed by atoms with E-state index < -0.39 is 10.2 Å². The minimum Gasteiger partial charge on any atom is -0.340 e. The second-order valence-corrected chi connectivity index (χ2v) is 9.89. The Bertz CT molecular complexity index is 800. The zero-order valence-corrected chi connectivity index (χ0v) is 17.9. The van der Waals surface area contributed by atoms with E-state index in [0.29, 0.717) is 38.7 Å². The molecule has 9 nitrogen and oxygen atoms in total. The first-order chi connectivity index (χ1) is 13.2. The number of carbonyl (C=O) groups excluding carboxylic acids is 1. The maximum atomic E-state index is 13.0. The molecule has 0 aliphatic carbocycles. The molecule has 10 heteroatoms. The van der Waals surface area contributed by atoms with E-state index in [2.05, 4.69) is 14.9 Å². The Hall–Kier alpha value is -1.78. The van der Waals surface area contributed by atoms with Crippen molar-refractivity contribution >= 4 is 22.1 Å². The van der Waals surface area contributed by atoms with E-state index in [0.717, 1.165) is 30.8 Å². The zero-order chi connectivity index (χ0) is 20.5. The average Bonchev–Trinajstić information content (AvgIpc) is 2.66. The zero-order valence-electron chi connectivity index (χ0n) is 17.1. The maximum Gasteiger partial charge on any atom is 0.281 e. The summed E-state index contributed by atoms with van der Waals surface area (Å²) in [6, 6.07) is 1.94. The summed E-state index contributed by atoms with van der Waals surface area (Å²) < 4.78 is 27.1. The fraction of sp³-hybridized carbons (Fsp3) is 0.722. The van der Waals surface area contributed by atoms with E-state index in [1.807, 2.05) is 19.9 Å². The summed E-state index contributed by atoms with van der Waals surface area (Å²) in [4.78, 5) is 26.0. The third-order valence-corrected chi connectivity index (χ3v) is 7.30. The number of aromatic nitrogens is 2. The number of amides is 1. The molecule has 0 N–H and O–H groups in total. The van der Waals surface area contributed by atoms with Crippen LogP contribution < -0.4 is 4.90 Å². The van der Waals surface area contributed by atoms with Crippen LogP contribution in [0.3, 0.4) is 0 Å². The molecule has 2 saturated heterocycles. The molecule has 28 heavy (non-hydrogen) atoms. The van der Waals surface area contributed by atoms with Gasteiger partial charge >= 0.3 is 0 Å².